The van der Waals surface area contributed by atoms with Crippen molar-refractivity contribution in [1.29, 1.82) is 0 Å². The molecule has 0 unspecified atom stereocenters. The van der Waals surface area contributed by atoms with Crippen LogP contribution in [0.4, 0.5) is 0 Å². The summed E-state index contributed by atoms with van der Waals surface area (Å²) in [4.78, 5) is 0. The fourth-order valence-corrected chi connectivity index (χ4v) is 3.07. The Morgan fingerprint density at radius 1 is 1.00 bits per heavy atom. The molecule has 0 saturated heterocycles. The first-order chi connectivity index (χ1) is 9.25. The molecule has 1 heterocycles. The predicted octanol–water partition coefficient (Wildman–Crippen LogP) is 3.54. The van der Waals surface area contributed by atoms with E-state index in [-0.39, 0.29) is 0 Å². The molecule has 0 amide bonds. The highest BCUT2D eigenvalue weighted by atomic mass is 14.9. The van der Waals surface area contributed by atoms with E-state index in [4.69, 9.17) is 0 Å². The Morgan fingerprint density at radius 3 is 2.53 bits per heavy atom. The van der Waals surface area contributed by atoms with Gasteiger partial charge in [-0.25, -0.2) is 0 Å². The molecule has 0 aliphatic carbocycles. The largest absolute Gasteiger partial charge is 0.312 e. The molecule has 3 rings (SSSR count). The fourth-order valence-electron chi connectivity index (χ4n) is 3.07. The van der Waals surface area contributed by atoms with E-state index in [0.29, 0.717) is 0 Å². The van der Waals surface area contributed by atoms with Crippen molar-refractivity contribution in [3.8, 4) is 0 Å². The van der Waals surface area contributed by atoms with Crippen LogP contribution in [0, 0.1) is 13.8 Å². The van der Waals surface area contributed by atoms with Crippen molar-refractivity contribution in [1.82, 2.24) is 5.32 Å². The van der Waals surface area contributed by atoms with Crippen LogP contribution in [-0.4, -0.2) is 6.54 Å². The number of hydrogen-bond donors (Lipinski definition) is 1. The molecule has 0 spiro atoms. The van der Waals surface area contributed by atoms with Crippen LogP contribution in [0.2, 0.25) is 0 Å². The van der Waals surface area contributed by atoms with E-state index in [1.165, 1.54) is 33.4 Å². The summed E-state index contributed by atoms with van der Waals surface area (Å²) in [7, 11) is 0. The second-order valence-corrected chi connectivity index (χ2v) is 5.53. The standard InChI is InChI=1S/C18H21N/c1-13-5-3-6-14(2)17(13)11-16-8-4-7-15-9-10-19-12-18(15)16/h3-8,19H,9-12H2,1-2H3. The van der Waals surface area contributed by atoms with Crippen molar-refractivity contribution < 1.29 is 0 Å². The molecule has 1 nitrogen and oxygen atoms in total. The maximum Gasteiger partial charge on any atom is 0.0211 e. The van der Waals surface area contributed by atoms with Crippen molar-refractivity contribution >= 4 is 0 Å². The maximum absolute atomic E-state index is 3.50. The van der Waals surface area contributed by atoms with Crippen molar-refractivity contribution in [3.05, 3.63) is 69.8 Å². The lowest BCUT2D eigenvalue weighted by molar-refractivity contribution is 0.638. The Balaban J connectivity index is 2.00. The van der Waals surface area contributed by atoms with Gasteiger partial charge in [-0.3, -0.25) is 0 Å². The van der Waals surface area contributed by atoms with E-state index in [2.05, 4.69) is 55.6 Å². The van der Waals surface area contributed by atoms with Crippen molar-refractivity contribution in [2.24, 2.45) is 0 Å². The van der Waals surface area contributed by atoms with Crippen molar-refractivity contribution in [2.45, 2.75) is 33.2 Å². The Morgan fingerprint density at radius 2 is 1.74 bits per heavy atom. The number of hydrogen-bond acceptors (Lipinski definition) is 1. The molecule has 0 radical (unpaired) electrons. The summed E-state index contributed by atoms with van der Waals surface area (Å²) in [5.41, 5.74) is 8.84. The maximum atomic E-state index is 3.50. The first-order valence-electron chi connectivity index (χ1n) is 7.11. The topological polar surface area (TPSA) is 12.0 Å². The third kappa shape index (κ3) is 2.43. The zero-order valence-electron chi connectivity index (χ0n) is 11.8. The smallest absolute Gasteiger partial charge is 0.0211 e. The van der Waals surface area contributed by atoms with Crippen LogP contribution < -0.4 is 5.32 Å². The fraction of sp³-hybridized carbons (Fsp3) is 0.333. The van der Waals surface area contributed by atoms with Gasteiger partial charge >= 0.3 is 0 Å². The molecule has 1 heteroatoms. The molecular weight excluding hydrogens is 230 g/mol. The van der Waals surface area contributed by atoms with Crippen LogP contribution in [0.15, 0.2) is 36.4 Å². The van der Waals surface area contributed by atoms with E-state index in [9.17, 15) is 0 Å². The number of benzene rings is 2. The van der Waals surface area contributed by atoms with E-state index in [1.54, 1.807) is 0 Å². The third-order valence-electron chi connectivity index (χ3n) is 4.25. The van der Waals surface area contributed by atoms with Crippen LogP contribution in [-0.2, 0) is 19.4 Å². The molecule has 1 N–H and O–H groups in total. The molecule has 2 aromatic carbocycles. The van der Waals surface area contributed by atoms with Crippen LogP contribution in [0.5, 0.6) is 0 Å². The van der Waals surface area contributed by atoms with E-state index < -0.39 is 0 Å². The Bertz CT molecular complexity index is 578. The first kappa shape index (κ1) is 12.4. The van der Waals surface area contributed by atoms with E-state index in [0.717, 1.165) is 25.9 Å². The van der Waals surface area contributed by atoms with Gasteiger partial charge in [0.15, 0.2) is 0 Å². The van der Waals surface area contributed by atoms with Gasteiger partial charge in [0.25, 0.3) is 0 Å². The summed E-state index contributed by atoms with van der Waals surface area (Å²) in [6, 6.07) is 13.4. The predicted molar refractivity (Wildman–Crippen MR) is 80.6 cm³/mol. The van der Waals surface area contributed by atoms with E-state index >= 15 is 0 Å². The first-order valence-corrected chi connectivity index (χ1v) is 7.11. The monoisotopic (exact) mass is 251 g/mol. The average molecular weight is 251 g/mol. The second kappa shape index (κ2) is 5.18. The summed E-state index contributed by atoms with van der Waals surface area (Å²) in [6.07, 6.45) is 2.22. The zero-order valence-corrected chi connectivity index (χ0v) is 11.8. The quantitative estimate of drug-likeness (QED) is 0.861. The third-order valence-corrected chi connectivity index (χ3v) is 4.25. The minimum absolute atomic E-state index is 1.02. The minimum Gasteiger partial charge on any atom is -0.312 e. The SMILES string of the molecule is Cc1cccc(C)c1Cc1cccc2c1CNCC2. The lowest BCUT2D eigenvalue weighted by atomic mass is 9.89. The highest BCUT2D eigenvalue weighted by Gasteiger charge is 2.13. The number of nitrogens with one attached hydrogen (secondary N) is 1. The molecule has 19 heavy (non-hydrogen) atoms. The van der Waals surface area contributed by atoms with Crippen molar-refractivity contribution in [3.63, 3.8) is 0 Å². The number of fused-ring (bicyclic) bond motifs is 1. The van der Waals surface area contributed by atoms with Gasteiger partial charge in [-0.15, -0.1) is 0 Å². The van der Waals surface area contributed by atoms with Crippen LogP contribution in [0.25, 0.3) is 0 Å². The molecule has 0 fully saturated rings. The number of aryl methyl sites for hydroxylation is 2. The summed E-state index contributed by atoms with van der Waals surface area (Å²) in [5, 5.41) is 3.50. The molecule has 0 saturated carbocycles. The van der Waals surface area contributed by atoms with Gasteiger partial charge in [0.05, 0.1) is 0 Å². The Labute approximate surface area is 115 Å². The molecule has 1 aliphatic rings. The van der Waals surface area contributed by atoms with Gasteiger partial charge in [0, 0.05) is 6.54 Å². The van der Waals surface area contributed by atoms with Crippen LogP contribution in [0.3, 0.4) is 0 Å². The molecule has 2 aromatic rings. The normalized spacial score (nSPS) is 14.2. The highest BCUT2D eigenvalue weighted by Crippen LogP contribution is 2.24. The molecule has 0 aromatic heterocycles. The summed E-state index contributed by atoms with van der Waals surface area (Å²) < 4.78 is 0. The van der Waals surface area contributed by atoms with Crippen molar-refractivity contribution in [2.75, 3.05) is 6.54 Å². The molecule has 0 atom stereocenters. The lowest BCUT2D eigenvalue weighted by Crippen LogP contribution is -2.24. The summed E-state index contributed by atoms with van der Waals surface area (Å²) in [6.45, 7) is 6.57. The van der Waals surface area contributed by atoms with Gasteiger partial charge in [0.2, 0.25) is 0 Å². The van der Waals surface area contributed by atoms with Crippen LogP contribution in [0.1, 0.15) is 33.4 Å². The second-order valence-electron chi connectivity index (χ2n) is 5.53. The molecule has 1 aliphatic heterocycles. The average Bonchev–Trinajstić information content (AvgIpc) is 2.43. The van der Waals surface area contributed by atoms with Gasteiger partial charge in [-0.05, 0) is 66.6 Å². The van der Waals surface area contributed by atoms with Gasteiger partial charge in [-0.1, -0.05) is 36.4 Å². The Kier molecular flexibility index (Phi) is 3.39. The number of rotatable bonds is 2. The Hall–Kier alpha value is -1.60. The summed E-state index contributed by atoms with van der Waals surface area (Å²) in [5.74, 6) is 0. The molecule has 98 valence electrons. The molecule has 0 bridgehead atoms. The van der Waals surface area contributed by atoms with E-state index in [1.807, 2.05) is 0 Å². The zero-order chi connectivity index (χ0) is 13.2. The lowest BCUT2D eigenvalue weighted by Gasteiger charge is -2.21. The van der Waals surface area contributed by atoms with Gasteiger partial charge in [0.1, 0.15) is 0 Å². The van der Waals surface area contributed by atoms with Crippen LogP contribution >= 0.6 is 0 Å². The van der Waals surface area contributed by atoms with Gasteiger partial charge in [-0.2, -0.15) is 0 Å². The summed E-state index contributed by atoms with van der Waals surface area (Å²) >= 11 is 0. The minimum atomic E-state index is 1.02. The molecular formula is C18H21N. The van der Waals surface area contributed by atoms with Gasteiger partial charge < -0.3 is 5.32 Å². The highest BCUT2D eigenvalue weighted by molar-refractivity contribution is 5.43.